The number of halogens is 3. The summed E-state index contributed by atoms with van der Waals surface area (Å²) in [6, 6.07) is 16.2. The molecular weight excluding hydrogens is 626 g/mol. The van der Waals surface area contributed by atoms with Crippen LogP contribution in [0.25, 0.3) is 0 Å². The zero-order chi connectivity index (χ0) is 28.7. The van der Waals surface area contributed by atoms with E-state index < -0.39 is 53.0 Å². The lowest BCUT2D eigenvalue weighted by Crippen LogP contribution is -2.64. The summed E-state index contributed by atoms with van der Waals surface area (Å²) in [4.78, 5) is 56.8. The molecule has 13 heteroatoms. The van der Waals surface area contributed by atoms with Crippen molar-refractivity contribution in [3.8, 4) is 0 Å². The Labute approximate surface area is 245 Å². The molecule has 2 fully saturated rings. The summed E-state index contributed by atoms with van der Waals surface area (Å²) in [6.45, 7) is 0. The van der Waals surface area contributed by atoms with E-state index in [2.05, 4.69) is 26.6 Å². The Morgan fingerprint density at radius 2 is 1.02 bits per heavy atom. The Hall–Kier alpha value is -3.94. The zero-order valence-corrected chi connectivity index (χ0v) is 23.4. The van der Waals surface area contributed by atoms with E-state index in [-0.39, 0.29) is 21.6 Å². The second kappa shape index (κ2) is 10.9. The van der Waals surface area contributed by atoms with Crippen LogP contribution in [0.15, 0.2) is 77.3 Å². The van der Waals surface area contributed by atoms with E-state index in [0.29, 0.717) is 10.0 Å². The second-order valence-corrected chi connectivity index (χ2v) is 10.6. The Morgan fingerprint density at radius 1 is 0.650 bits per heavy atom. The van der Waals surface area contributed by atoms with Crippen molar-refractivity contribution in [3.05, 3.63) is 94.5 Å². The molecule has 0 spiro atoms. The van der Waals surface area contributed by atoms with Crippen LogP contribution in [0.3, 0.4) is 0 Å². The van der Waals surface area contributed by atoms with Crippen molar-refractivity contribution in [1.29, 1.82) is 0 Å². The molecule has 3 aromatic carbocycles. The Bertz CT molecular complexity index is 1470. The van der Waals surface area contributed by atoms with E-state index in [1.54, 1.807) is 24.3 Å². The van der Waals surface area contributed by atoms with Gasteiger partial charge >= 0.3 is 0 Å². The SMILES string of the molecule is O=C1NC(=S)N(c2ccc(F)cc2)C(=O)[C@@H]1C(c1ccc(Br)cc1)[C@@H]1C(=O)NC(=S)N(c2ccc(F)cc2)C1=O. The van der Waals surface area contributed by atoms with Crippen molar-refractivity contribution < 1.29 is 28.0 Å². The summed E-state index contributed by atoms with van der Waals surface area (Å²) in [6.07, 6.45) is 0. The molecule has 0 radical (unpaired) electrons. The molecule has 2 N–H and O–H groups in total. The topological polar surface area (TPSA) is 98.8 Å². The molecule has 0 unspecified atom stereocenters. The molecule has 5 rings (SSSR count). The molecule has 2 saturated heterocycles. The quantitative estimate of drug-likeness (QED) is 0.323. The number of thiocarbonyl (C=S) groups is 2. The highest BCUT2D eigenvalue weighted by Gasteiger charge is 2.53. The van der Waals surface area contributed by atoms with Gasteiger partial charge in [0.25, 0.3) is 0 Å². The number of carbonyl (C=O) groups is 4. The predicted octanol–water partition coefficient (Wildman–Crippen LogP) is 3.94. The van der Waals surface area contributed by atoms with Crippen molar-refractivity contribution in [3.63, 3.8) is 0 Å². The van der Waals surface area contributed by atoms with Gasteiger partial charge in [-0.2, -0.15) is 0 Å². The average molecular weight is 643 g/mol. The minimum Gasteiger partial charge on any atom is -0.302 e. The summed E-state index contributed by atoms with van der Waals surface area (Å²) in [5.41, 5.74) is 0.706. The molecule has 2 aliphatic rings. The summed E-state index contributed by atoms with van der Waals surface area (Å²) < 4.78 is 27.9. The number of carbonyl (C=O) groups excluding carboxylic acids is 4. The van der Waals surface area contributed by atoms with Crippen LogP contribution >= 0.6 is 40.4 Å². The molecule has 4 amide bonds. The molecule has 0 bridgehead atoms. The highest BCUT2D eigenvalue weighted by atomic mass is 79.9. The monoisotopic (exact) mass is 642 g/mol. The van der Waals surface area contributed by atoms with Crippen LogP contribution in [0, 0.1) is 23.5 Å². The maximum atomic E-state index is 14.0. The first kappa shape index (κ1) is 27.6. The number of nitrogens with zero attached hydrogens (tertiary/aromatic N) is 2. The van der Waals surface area contributed by atoms with Crippen LogP contribution in [0.2, 0.25) is 0 Å². The molecule has 0 aliphatic carbocycles. The van der Waals surface area contributed by atoms with Gasteiger partial charge in [0.2, 0.25) is 23.6 Å². The second-order valence-electron chi connectivity index (χ2n) is 8.92. The average Bonchev–Trinajstić information content (AvgIpc) is 2.90. The number of hydrogen-bond donors (Lipinski definition) is 2. The van der Waals surface area contributed by atoms with Gasteiger partial charge in [-0.05, 0) is 90.7 Å². The maximum absolute atomic E-state index is 14.0. The third kappa shape index (κ3) is 5.03. The maximum Gasteiger partial charge on any atom is 0.246 e. The largest absolute Gasteiger partial charge is 0.302 e. The highest BCUT2D eigenvalue weighted by Crippen LogP contribution is 2.40. The zero-order valence-electron chi connectivity index (χ0n) is 20.1. The molecular formula is C27H17BrF2N4O4S2. The molecule has 8 nitrogen and oxygen atoms in total. The lowest BCUT2D eigenvalue weighted by atomic mass is 9.73. The lowest BCUT2D eigenvalue weighted by molar-refractivity contribution is -0.139. The fraction of sp³-hybridized carbons (Fsp3) is 0.111. The van der Waals surface area contributed by atoms with Crippen molar-refractivity contribution >= 4 is 85.6 Å². The third-order valence-corrected chi connectivity index (χ3v) is 7.64. The third-order valence-electron chi connectivity index (χ3n) is 6.55. The normalized spacial score (nSPS) is 19.7. The van der Waals surface area contributed by atoms with Gasteiger partial charge in [-0.15, -0.1) is 0 Å². The molecule has 202 valence electrons. The molecule has 2 atom stereocenters. The summed E-state index contributed by atoms with van der Waals surface area (Å²) in [5.74, 6) is -8.86. The summed E-state index contributed by atoms with van der Waals surface area (Å²) in [7, 11) is 0. The van der Waals surface area contributed by atoms with Gasteiger partial charge in [-0.1, -0.05) is 28.1 Å². The van der Waals surface area contributed by atoms with E-state index >= 15 is 0 Å². The number of amides is 4. The summed E-state index contributed by atoms with van der Waals surface area (Å²) >= 11 is 13.8. The number of rotatable bonds is 5. The van der Waals surface area contributed by atoms with E-state index in [4.69, 9.17) is 24.4 Å². The van der Waals surface area contributed by atoms with Crippen molar-refractivity contribution in [2.24, 2.45) is 11.8 Å². The molecule has 2 heterocycles. The highest BCUT2D eigenvalue weighted by molar-refractivity contribution is 9.10. The van der Waals surface area contributed by atoms with Gasteiger partial charge < -0.3 is 10.6 Å². The van der Waals surface area contributed by atoms with Gasteiger partial charge in [0.15, 0.2) is 10.2 Å². The van der Waals surface area contributed by atoms with E-state index in [0.717, 1.165) is 34.1 Å². The first-order chi connectivity index (χ1) is 19.1. The Balaban J connectivity index is 1.63. The minimum absolute atomic E-state index is 0.185. The van der Waals surface area contributed by atoms with Crippen molar-refractivity contribution in [2.75, 3.05) is 9.80 Å². The minimum atomic E-state index is -1.60. The van der Waals surface area contributed by atoms with Crippen LogP contribution in [-0.4, -0.2) is 33.9 Å². The van der Waals surface area contributed by atoms with Crippen molar-refractivity contribution in [1.82, 2.24) is 10.6 Å². The van der Waals surface area contributed by atoms with Gasteiger partial charge in [0.05, 0.1) is 11.4 Å². The van der Waals surface area contributed by atoms with E-state index in [9.17, 15) is 28.0 Å². The van der Waals surface area contributed by atoms with Gasteiger partial charge in [0, 0.05) is 10.4 Å². The smallest absolute Gasteiger partial charge is 0.246 e. The van der Waals surface area contributed by atoms with Crippen LogP contribution < -0.4 is 20.4 Å². The number of benzene rings is 3. The summed E-state index contributed by atoms with van der Waals surface area (Å²) in [5, 5.41) is 4.49. The molecule has 0 saturated carbocycles. The van der Waals surface area contributed by atoms with Gasteiger partial charge in [0.1, 0.15) is 23.5 Å². The fourth-order valence-electron chi connectivity index (χ4n) is 4.75. The fourth-order valence-corrected chi connectivity index (χ4v) is 5.60. The number of hydrogen-bond acceptors (Lipinski definition) is 6. The van der Waals surface area contributed by atoms with Gasteiger partial charge in [-0.25, -0.2) is 8.78 Å². The molecule has 40 heavy (non-hydrogen) atoms. The molecule has 2 aliphatic heterocycles. The Morgan fingerprint density at radius 3 is 1.40 bits per heavy atom. The van der Waals surface area contributed by atoms with Crippen LogP contribution in [0.4, 0.5) is 20.2 Å². The number of nitrogens with one attached hydrogen (secondary N) is 2. The number of anilines is 2. The Kier molecular flexibility index (Phi) is 7.53. The first-order valence-corrected chi connectivity index (χ1v) is 13.3. The van der Waals surface area contributed by atoms with Crippen LogP contribution in [0.1, 0.15) is 11.5 Å². The van der Waals surface area contributed by atoms with E-state index in [1.807, 2.05) is 0 Å². The first-order valence-electron chi connectivity index (χ1n) is 11.7. The lowest BCUT2D eigenvalue weighted by Gasteiger charge is -2.41. The van der Waals surface area contributed by atoms with Crippen molar-refractivity contribution in [2.45, 2.75) is 5.92 Å². The molecule has 0 aromatic heterocycles. The van der Waals surface area contributed by atoms with Crippen LogP contribution in [0.5, 0.6) is 0 Å². The standard InChI is InChI=1S/C27H17BrF2N4O4S2/c28-14-3-1-13(2-4-14)19(20-22(35)31-26(39)33(24(20)37)17-9-5-15(29)6-10-17)21-23(36)32-27(40)34(25(21)38)18-11-7-16(30)8-12-18/h1-12,19-21H,(H,31,35,39)(H,32,36,40)/t20-,21-/m1/s1. The molecule has 3 aromatic rings. The van der Waals surface area contributed by atoms with Gasteiger partial charge in [-0.3, -0.25) is 29.0 Å². The predicted molar refractivity (Wildman–Crippen MR) is 153 cm³/mol. The van der Waals surface area contributed by atoms with Crippen LogP contribution in [-0.2, 0) is 19.2 Å². The van der Waals surface area contributed by atoms with E-state index in [1.165, 1.54) is 24.3 Å².